The Labute approximate surface area is 103 Å². The molecule has 2 aromatic heterocycles. The molecule has 86 valence electrons. The van der Waals surface area contributed by atoms with Gasteiger partial charge in [0.1, 0.15) is 16.2 Å². The summed E-state index contributed by atoms with van der Waals surface area (Å²) in [5.41, 5.74) is 5.49. The molecular weight excluding hydrogens is 238 g/mol. The van der Waals surface area contributed by atoms with E-state index in [1.54, 1.807) is 29.4 Å². The molecule has 0 aliphatic rings. The third-order valence-corrected chi connectivity index (χ3v) is 4.56. The second-order valence-electron chi connectivity index (χ2n) is 3.45. The number of aromatic nitrogens is 2. The lowest BCUT2D eigenvalue weighted by atomic mass is 10.3. The Morgan fingerprint density at radius 2 is 2.31 bits per heavy atom. The van der Waals surface area contributed by atoms with Crippen molar-refractivity contribution >= 4 is 33.3 Å². The number of nitrogens with zero attached hydrogens (tertiary/aromatic N) is 2. The normalized spacial score (nSPS) is 11.1. The van der Waals surface area contributed by atoms with E-state index in [0.717, 1.165) is 35.0 Å². The Morgan fingerprint density at radius 1 is 1.44 bits per heavy atom. The van der Waals surface area contributed by atoms with Crippen LogP contribution in [0.3, 0.4) is 0 Å². The molecule has 0 aromatic carbocycles. The fraction of sp³-hybridized carbons (Fsp3) is 0.455. The van der Waals surface area contributed by atoms with Crippen molar-refractivity contribution in [2.24, 2.45) is 5.73 Å². The van der Waals surface area contributed by atoms with E-state index in [1.165, 1.54) is 10.3 Å². The first-order valence-corrected chi connectivity index (χ1v) is 7.21. The third-order valence-electron chi connectivity index (χ3n) is 2.28. The van der Waals surface area contributed by atoms with Gasteiger partial charge in [-0.25, -0.2) is 9.97 Å². The summed E-state index contributed by atoms with van der Waals surface area (Å²) in [6.45, 7) is 2.91. The van der Waals surface area contributed by atoms with Gasteiger partial charge < -0.3 is 5.73 Å². The van der Waals surface area contributed by atoms with Crippen molar-refractivity contribution in [1.82, 2.24) is 9.97 Å². The largest absolute Gasteiger partial charge is 0.330 e. The average Bonchev–Trinajstić information content (AvgIpc) is 2.73. The zero-order chi connectivity index (χ0) is 11.4. The summed E-state index contributed by atoms with van der Waals surface area (Å²) in [6.07, 6.45) is 3.75. The van der Waals surface area contributed by atoms with Gasteiger partial charge >= 0.3 is 0 Å². The van der Waals surface area contributed by atoms with Crippen LogP contribution >= 0.6 is 23.1 Å². The number of thioether (sulfide) groups is 1. The Kier molecular flexibility index (Phi) is 4.15. The Balaban J connectivity index is 2.26. The summed E-state index contributed by atoms with van der Waals surface area (Å²) in [5.74, 6) is 1.03. The molecule has 2 rings (SSSR count). The van der Waals surface area contributed by atoms with Gasteiger partial charge in [-0.2, -0.15) is 0 Å². The van der Waals surface area contributed by atoms with E-state index in [2.05, 4.69) is 23.0 Å². The Hall–Kier alpha value is -0.650. The van der Waals surface area contributed by atoms with Crippen LogP contribution < -0.4 is 5.73 Å². The smallest absolute Gasteiger partial charge is 0.128 e. The van der Waals surface area contributed by atoms with Crippen LogP contribution in [0.1, 0.15) is 18.2 Å². The lowest BCUT2D eigenvalue weighted by molar-refractivity contribution is 0.941. The van der Waals surface area contributed by atoms with Crippen LogP contribution in [-0.4, -0.2) is 22.3 Å². The minimum atomic E-state index is 0.741. The molecule has 2 aromatic rings. The van der Waals surface area contributed by atoms with Crippen molar-refractivity contribution in [1.29, 1.82) is 0 Å². The minimum Gasteiger partial charge on any atom is -0.330 e. The maximum Gasteiger partial charge on any atom is 0.128 e. The average molecular weight is 253 g/mol. The summed E-state index contributed by atoms with van der Waals surface area (Å²) in [4.78, 5) is 11.1. The van der Waals surface area contributed by atoms with Gasteiger partial charge in [-0.1, -0.05) is 6.92 Å². The molecule has 0 saturated heterocycles. The number of aryl methyl sites for hydroxylation is 1. The number of rotatable bonds is 5. The van der Waals surface area contributed by atoms with Crippen LogP contribution in [0.5, 0.6) is 0 Å². The molecule has 5 heteroatoms. The summed E-state index contributed by atoms with van der Waals surface area (Å²) in [7, 11) is 0. The highest BCUT2D eigenvalue weighted by molar-refractivity contribution is 7.99. The van der Waals surface area contributed by atoms with Crippen LogP contribution in [-0.2, 0) is 6.42 Å². The standard InChI is InChI=1S/C11H15N3S2/c1-2-8-6-9-10(15-5-3-4-12)13-7-14-11(9)16-8/h6-7H,2-5,12H2,1H3. The lowest BCUT2D eigenvalue weighted by Crippen LogP contribution is -1.99. The fourth-order valence-corrected chi connectivity index (χ4v) is 3.36. The Morgan fingerprint density at radius 3 is 3.06 bits per heavy atom. The molecule has 0 atom stereocenters. The van der Waals surface area contributed by atoms with E-state index >= 15 is 0 Å². The number of hydrogen-bond acceptors (Lipinski definition) is 5. The molecule has 0 aliphatic heterocycles. The second kappa shape index (κ2) is 5.61. The van der Waals surface area contributed by atoms with Crippen molar-refractivity contribution in [2.75, 3.05) is 12.3 Å². The van der Waals surface area contributed by atoms with Gasteiger partial charge in [0.2, 0.25) is 0 Å². The fourth-order valence-electron chi connectivity index (χ4n) is 1.43. The topological polar surface area (TPSA) is 51.8 Å². The predicted molar refractivity (Wildman–Crippen MR) is 71.2 cm³/mol. The summed E-state index contributed by atoms with van der Waals surface area (Å²) < 4.78 is 0. The summed E-state index contributed by atoms with van der Waals surface area (Å²) >= 11 is 3.54. The number of fused-ring (bicyclic) bond motifs is 1. The highest BCUT2D eigenvalue weighted by Gasteiger charge is 2.07. The van der Waals surface area contributed by atoms with E-state index in [-0.39, 0.29) is 0 Å². The monoisotopic (exact) mass is 253 g/mol. The highest BCUT2D eigenvalue weighted by Crippen LogP contribution is 2.30. The van der Waals surface area contributed by atoms with E-state index < -0.39 is 0 Å². The molecule has 16 heavy (non-hydrogen) atoms. The van der Waals surface area contributed by atoms with E-state index in [9.17, 15) is 0 Å². The molecule has 2 N–H and O–H groups in total. The van der Waals surface area contributed by atoms with Gasteiger partial charge in [0.25, 0.3) is 0 Å². The van der Waals surface area contributed by atoms with E-state index in [0.29, 0.717) is 0 Å². The maximum absolute atomic E-state index is 5.49. The zero-order valence-corrected chi connectivity index (χ0v) is 10.9. The first kappa shape index (κ1) is 11.8. The molecular formula is C11H15N3S2. The molecule has 0 aliphatic carbocycles. The molecule has 0 radical (unpaired) electrons. The van der Waals surface area contributed by atoms with Gasteiger partial charge in [-0.3, -0.25) is 0 Å². The number of hydrogen-bond donors (Lipinski definition) is 1. The second-order valence-corrected chi connectivity index (χ2v) is 5.65. The molecule has 2 heterocycles. The first-order chi connectivity index (χ1) is 7.85. The van der Waals surface area contributed by atoms with Gasteiger partial charge in [-0.05, 0) is 25.5 Å². The van der Waals surface area contributed by atoms with Crippen molar-refractivity contribution in [2.45, 2.75) is 24.8 Å². The first-order valence-electron chi connectivity index (χ1n) is 5.41. The van der Waals surface area contributed by atoms with Crippen LogP contribution in [0.4, 0.5) is 0 Å². The van der Waals surface area contributed by atoms with Crippen LogP contribution in [0.25, 0.3) is 10.2 Å². The van der Waals surface area contributed by atoms with Crippen molar-refractivity contribution in [3.8, 4) is 0 Å². The lowest BCUT2D eigenvalue weighted by Gasteiger charge is -2.00. The molecule has 0 fully saturated rings. The molecule has 0 bridgehead atoms. The van der Waals surface area contributed by atoms with E-state index in [1.807, 2.05) is 0 Å². The van der Waals surface area contributed by atoms with Gasteiger partial charge in [-0.15, -0.1) is 23.1 Å². The van der Waals surface area contributed by atoms with Crippen molar-refractivity contribution in [3.05, 3.63) is 17.3 Å². The van der Waals surface area contributed by atoms with Gasteiger partial charge in [0, 0.05) is 16.0 Å². The maximum atomic E-state index is 5.49. The number of nitrogens with two attached hydrogens (primary N) is 1. The van der Waals surface area contributed by atoms with Crippen molar-refractivity contribution < 1.29 is 0 Å². The number of thiophene rings is 1. The predicted octanol–water partition coefficient (Wildman–Crippen LogP) is 2.69. The molecule has 0 amide bonds. The SMILES string of the molecule is CCc1cc2c(SCCCN)ncnc2s1. The van der Waals surface area contributed by atoms with Crippen LogP contribution in [0, 0.1) is 0 Å². The molecule has 0 saturated carbocycles. The quantitative estimate of drug-likeness (QED) is 0.506. The van der Waals surface area contributed by atoms with Gasteiger partial charge in [0.15, 0.2) is 0 Å². The van der Waals surface area contributed by atoms with Crippen LogP contribution in [0.2, 0.25) is 0 Å². The van der Waals surface area contributed by atoms with Gasteiger partial charge in [0.05, 0.1) is 0 Å². The highest BCUT2D eigenvalue weighted by atomic mass is 32.2. The van der Waals surface area contributed by atoms with E-state index in [4.69, 9.17) is 5.73 Å². The minimum absolute atomic E-state index is 0.741. The summed E-state index contributed by atoms with van der Waals surface area (Å²) in [6, 6.07) is 2.21. The zero-order valence-electron chi connectivity index (χ0n) is 9.27. The molecule has 3 nitrogen and oxygen atoms in total. The summed E-state index contributed by atoms with van der Waals surface area (Å²) in [5, 5.41) is 2.29. The van der Waals surface area contributed by atoms with Crippen molar-refractivity contribution in [3.63, 3.8) is 0 Å². The third kappa shape index (κ3) is 2.53. The molecule has 0 unspecified atom stereocenters. The molecule has 0 spiro atoms. The van der Waals surface area contributed by atoms with Crippen LogP contribution in [0.15, 0.2) is 17.4 Å². The Bertz CT molecular complexity index is 467.